The van der Waals surface area contributed by atoms with E-state index in [9.17, 15) is 14.7 Å². The standard InChI is InChI=1S/C15H26N2O3/c1-3-7-15(13(19)20)8-4-9-17(10-15)12(18)14(2,16)11-5-6-11/h11H,3-10,16H2,1-2H3,(H,19,20). The van der Waals surface area contributed by atoms with Crippen molar-refractivity contribution in [1.82, 2.24) is 4.90 Å². The molecule has 3 N–H and O–H groups in total. The van der Waals surface area contributed by atoms with Crippen molar-refractivity contribution in [3.05, 3.63) is 0 Å². The first kappa shape index (κ1) is 15.3. The molecule has 1 aliphatic heterocycles. The molecular formula is C15H26N2O3. The number of carbonyl (C=O) groups is 2. The number of amides is 1. The first-order chi connectivity index (χ1) is 9.33. The number of carboxylic acids is 1. The van der Waals surface area contributed by atoms with Gasteiger partial charge in [-0.1, -0.05) is 13.3 Å². The van der Waals surface area contributed by atoms with Gasteiger partial charge in [0, 0.05) is 13.1 Å². The number of piperidine rings is 1. The average Bonchev–Trinajstić information content (AvgIpc) is 3.23. The molecule has 2 unspecified atom stereocenters. The molecule has 0 aromatic heterocycles. The quantitative estimate of drug-likeness (QED) is 0.802. The van der Waals surface area contributed by atoms with Gasteiger partial charge in [0.15, 0.2) is 0 Å². The van der Waals surface area contributed by atoms with E-state index in [1.165, 1.54) is 0 Å². The zero-order valence-electron chi connectivity index (χ0n) is 12.5. The van der Waals surface area contributed by atoms with E-state index >= 15 is 0 Å². The second kappa shape index (κ2) is 5.35. The van der Waals surface area contributed by atoms with Crippen LogP contribution in [-0.2, 0) is 9.59 Å². The van der Waals surface area contributed by atoms with Crippen LogP contribution in [0.1, 0.15) is 52.4 Å². The highest BCUT2D eigenvalue weighted by atomic mass is 16.4. The number of aliphatic carboxylic acids is 1. The lowest BCUT2D eigenvalue weighted by molar-refractivity contribution is -0.157. The van der Waals surface area contributed by atoms with Crippen molar-refractivity contribution in [1.29, 1.82) is 0 Å². The van der Waals surface area contributed by atoms with Crippen LogP contribution in [0.25, 0.3) is 0 Å². The van der Waals surface area contributed by atoms with Gasteiger partial charge in [0.1, 0.15) is 0 Å². The zero-order chi connectivity index (χ0) is 15.0. The third-order valence-electron chi connectivity index (χ3n) is 4.93. The molecule has 20 heavy (non-hydrogen) atoms. The monoisotopic (exact) mass is 282 g/mol. The molecule has 2 atom stereocenters. The van der Waals surface area contributed by atoms with Gasteiger partial charge in [-0.15, -0.1) is 0 Å². The minimum absolute atomic E-state index is 0.0681. The summed E-state index contributed by atoms with van der Waals surface area (Å²) in [5.74, 6) is -0.578. The molecule has 1 saturated carbocycles. The van der Waals surface area contributed by atoms with E-state index in [0.29, 0.717) is 25.9 Å². The van der Waals surface area contributed by atoms with Crippen LogP contribution in [0, 0.1) is 11.3 Å². The summed E-state index contributed by atoms with van der Waals surface area (Å²) in [5, 5.41) is 9.57. The number of carbonyl (C=O) groups excluding carboxylic acids is 1. The van der Waals surface area contributed by atoms with Crippen molar-refractivity contribution < 1.29 is 14.7 Å². The normalized spacial score (nSPS) is 29.9. The maximum Gasteiger partial charge on any atom is 0.311 e. The van der Waals surface area contributed by atoms with Crippen LogP contribution in [0.15, 0.2) is 0 Å². The maximum absolute atomic E-state index is 12.6. The molecule has 0 bridgehead atoms. The molecule has 5 nitrogen and oxygen atoms in total. The van der Waals surface area contributed by atoms with Crippen molar-refractivity contribution in [2.24, 2.45) is 17.1 Å². The summed E-state index contributed by atoms with van der Waals surface area (Å²) in [5.41, 5.74) is 4.60. The number of hydrogen-bond acceptors (Lipinski definition) is 3. The molecule has 2 fully saturated rings. The first-order valence-corrected chi connectivity index (χ1v) is 7.65. The molecule has 114 valence electrons. The fourth-order valence-electron chi connectivity index (χ4n) is 3.47. The van der Waals surface area contributed by atoms with Gasteiger partial charge in [0.2, 0.25) is 5.91 Å². The van der Waals surface area contributed by atoms with Gasteiger partial charge in [-0.2, -0.15) is 0 Å². The van der Waals surface area contributed by atoms with E-state index in [1.807, 2.05) is 6.92 Å². The van der Waals surface area contributed by atoms with E-state index in [4.69, 9.17) is 5.73 Å². The summed E-state index contributed by atoms with van der Waals surface area (Å²) >= 11 is 0. The number of rotatable bonds is 5. The Bertz CT molecular complexity index is 400. The molecule has 0 radical (unpaired) electrons. The highest BCUT2D eigenvalue weighted by Crippen LogP contribution is 2.41. The van der Waals surface area contributed by atoms with Gasteiger partial charge in [-0.05, 0) is 44.9 Å². The number of likely N-dealkylation sites (tertiary alicyclic amines) is 1. The van der Waals surface area contributed by atoms with Crippen LogP contribution in [0.5, 0.6) is 0 Å². The Labute approximate surface area is 120 Å². The molecule has 1 amide bonds. The van der Waals surface area contributed by atoms with Gasteiger partial charge < -0.3 is 15.7 Å². The molecule has 1 heterocycles. The highest BCUT2D eigenvalue weighted by Gasteiger charge is 2.49. The molecule has 0 aromatic carbocycles. The average molecular weight is 282 g/mol. The van der Waals surface area contributed by atoms with Gasteiger partial charge in [-0.25, -0.2) is 0 Å². The Morgan fingerprint density at radius 3 is 2.60 bits per heavy atom. The van der Waals surface area contributed by atoms with E-state index in [2.05, 4.69) is 0 Å². The van der Waals surface area contributed by atoms with Gasteiger partial charge >= 0.3 is 5.97 Å². The summed E-state index contributed by atoms with van der Waals surface area (Å²) < 4.78 is 0. The summed E-state index contributed by atoms with van der Waals surface area (Å²) in [7, 11) is 0. The Morgan fingerprint density at radius 1 is 1.45 bits per heavy atom. The van der Waals surface area contributed by atoms with Crippen molar-refractivity contribution in [2.75, 3.05) is 13.1 Å². The second-order valence-corrected chi connectivity index (χ2v) is 6.72. The number of nitrogens with zero attached hydrogens (tertiary/aromatic N) is 1. The number of hydrogen-bond donors (Lipinski definition) is 2. The molecule has 0 aromatic rings. The zero-order valence-corrected chi connectivity index (χ0v) is 12.5. The lowest BCUT2D eigenvalue weighted by atomic mass is 9.76. The Hall–Kier alpha value is -1.10. The number of nitrogens with two attached hydrogens (primary N) is 1. The van der Waals surface area contributed by atoms with Gasteiger partial charge in [-0.3, -0.25) is 9.59 Å². The molecule has 1 aliphatic carbocycles. The lowest BCUT2D eigenvalue weighted by Gasteiger charge is -2.42. The Morgan fingerprint density at radius 2 is 2.10 bits per heavy atom. The molecular weight excluding hydrogens is 256 g/mol. The van der Waals surface area contributed by atoms with Crippen LogP contribution in [0.2, 0.25) is 0 Å². The van der Waals surface area contributed by atoms with E-state index in [0.717, 1.165) is 25.7 Å². The Kier molecular flexibility index (Phi) is 4.09. The van der Waals surface area contributed by atoms with E-state index < -0.39 is 16.9 Å². The van der Waals surface area contributed by atoms with Crippen LogP contribution in [0.4, 0.5) is 0 Å². The summed E-state index contributed by atoms with van der Waals surface area (Å²) in [6, 6.07) is 0. The fourth-order valence-corrected chi connectivity index (χ4v) is 3.47. The van der Waals surface area contributed by atoms with Crippen LogP contribution < -0.4 is 5.73 Å². The van der Waals surface area contributed by atoms with Gasteiger partial charge in [0.05, 0.1) is 11.0 Å². The predicted molar refractivity (Wildman–Crippen MR) is 76.1 cm³/mol. The largest absolute Gasteiger partial charge is 0.481 e. The van der Waals surface area contributed by atoms with Crippen LogP contribution in [-0.4, -0.2) is 40.5 Å². The van der Waals surface area contributed by atoms with Crippen molar-refractivity contribution in [2.45, 2.75) is 57.9 Å². The van der Waals surface area contributed by atoms with Crippen LogP contribution >= 0.6 is 0 Å². The smallest absolute Gasteiger partial charge is 0.311 e. The highest BCUT2D eigenvalue weighted by molar-refractivity contribution is 5.87. The van der Waals surface area contributed by atoms with Crippen molar-refractivity contribution >= 4 is 11.9 Å². The lowest BCUT2D eigenvalue weighted by Crippen LogP contribution is -2.59. The number of carboxylic acid groups (broad SMARTS) is 1. The summed E-state index contributed by atoms with van der Waals surface area (Å²) in [6.45, 7) is 4.73. The fraction of sp³-hybridized carbons (Fsp3) is 0.867. The van der Waals surface area contributed by atoms with Crippen molar-refractivity contribution in [3.63, 3.8) is 0 Å². The predicted octanol–water partition coefficient (Wildman–Crippen LogP) is 1.61. The molecule has 2 rings (SSSR count). The topological polar surface area (TPSA) is 83.6 Å². The molecule has 2 aliphatic rings. The third-order valence-corrected chi connectivity index (χ3v) is 4.93. The minimum Gasteiger partial charge on any atom is -0.481 e. The van der Waals surface area contributed by atoms with E-state index in [-0.39, 0.29) is 11.8 Å². The first-order valence-electron chi connectivity index (χ1n) is 7.65. The minimum atomic E-state index is -0.826. The van der Waals surface area contributed by atoms with Gasteiger partial charge in [0.25, 0.3) is 0 Å². The summed E-state index contributed by atoms with van der Waals surface area (Å²) in [4.78, 5) is 26.0. The SMILES string of the molecule is CCCC1(C(=O)O)CCCN(C(=O)C(C)(N)C2CC2)C1. The Balaban J connectivity index is 2.13. The van der Waals surface area contributed by atoms with Crippen molar-refractivity contribution in [3.8, 4) is 0 Å². The third kappa shape index (κ3) is 2.68. The summed E-state index contributed by atoms with van der Waals surface area (Å²) in [6.07, 6.45) is 4.86. The maximum atomic E-state index is 12.6. The second-order valence-electron chi connectivity index (χ2n) is 6.72. The molecule has 5 heteroatoms. The van der Waals surface area contributed by atoms with E-state index in [1.54, 1.807) is 11.8 Å². The molecule has 0 spiro atoms. The molecule has 1 saturated heterocycles. The van der Waals surface area contributed by atoms with Crippen LogP contribution in [0.3, 0.4) is 0 Å².